The standard InChI is InChI=1S/C20H23N3O2/c1-12-4-18(23-25-12)22-19(24)16-2-3-21-17(8-16)20-9-13-5-14(10-20)7-15(6-13)11-20/h2-4,8,13-15H,5-7,9-11H2,1H3,(H,22,23,24). The molecule has 0 radical (unpaired) electrons. The largest absolute Gasteiger partial charge is 0.360 e. The van der Waals surface area contributed by atoms with Crippen LogP contribution in [0, 0.1) is 24.7 Å². The number of anilines is 1. The van der Waals surface area contributed by atoms with Gasteiger partial charge in [0.2, 0.25) is 0 Å². The molecule has 4 aliphatic carbocycles. The minimum absolute atomic E-state index is 0.151. The summed E-state index contributed by atoms with van der Waals surface area (Å²) in [6, 6.07) is 5.51. The van der Waals surface area contributed by atoms with Crippen LogP contribution >= 0.6 is 0 Å². The second-order valence-corrected chi connectivity index (χ2v) is 8.40. The lowest BCUT2D eigenvalue weighted by atomic mass is 9.48. The van der Waals surface area contributed by atoms with Crippen LogP contribution in [0.15, 0.2) is 28.9 Å². The first kappa shape index (κ1) is 15.1. The lowest BCUT2D eigenvalue weighted by molar-refractivity contribution is -0.00721. The highest BCUT2D eigenvalue weighted by Crippen LogP contribution is 2.60. The van der Waals surface area contributed by atoms with Crippen LogP contribution in [0.2, 0.25) is 0 Å². The number of carbonyl (C=O) groups is 1. The molecule has 0 spiro atoms. The number of hydrogen-bond donors (Lipinski definition) is 1. The van der Waals surface area contributed by atoms with E-state index in [-0.39, 0.29) is 11.3 Å². The van der Waals surface area contributed by atoms with Crippen LogP contribution in [0.1, 0.15) is 60.3 Å². The third kappa shape index (κ3) is 2.57. The van der Waals surface area contributed by atoms with Crippen molar-refractivity contribution in [2.24, 2.45) is 17.8 Å². The summed E-state index contributed by atoms with van der Waals surface area (Å²) in [4.78, 5) is 17.3. The van der Waals surface area contributed by atoms with E-state index in [4.69, 9.17) is 9.51 Å². The molecule has 4 aliphatic rings. The molecule has 6 rings (SSSR count). The van der Waals surface area contributed by atoms with Crippen molar-refractivity contribution in [1.29, 1.82) is 0 Å². The highest BCUT2D eigenvalue weighted by atomic mass is 16.5. The van der Waals surface area contributed by atoms with Crippen molar-refractivity contribution in [1.82, 2.24) is 10.1 Å². The van der Waals surface area contributed by atoms with E-state index in [1.165, 1.54) is 38.5 Å². The van der Waals surface area contributed by atoms with Crippen molar-refractivity contribution >= 4 is 11.7 Å². The maximum atomic E-state index is 12.6. The Morgan fingerprint density at radius 2 is 1.84 bits per heavy atom. The Kier molecular flexibility index (Phi) is 3.27. The molecule has 2 aromatic heterocycles. The Balaban J connectivity index is 1.42. The number of aromatic nitrogens is 2. The van der Waals surface area contributed by atoms with Crippen molar-refractivity contribution in [3.8, 4) is 0 Å². The number of hydrogen-bond acceptors (Lipinski definition) is 4. The van der Waals surface area contributed by atoms with Gasteiger partial charge in [-0.3, -0.25) is 9.78 Å². The fourth-order valence-corrected chi connectivity index (χ4v) is 5.90. The Bertz CT molecular complexity index is 791. The van der Waals surface area contributed by atoms with Crippen molar-refractivity contribution in [2.45, 2.75) is 50.9 Å². The van der Waals surface area contributed by atoms with E-state index in [0.29, 0.717) is 17.1 Å². The molecule has 1 amide bonds. The maximum absolute atomic E-state index is 12.6. The smallest absolute Gasteiger partial charge is 0.257 e. The lowest BCUT2D eigenvalue weighted by Crippen LogP contribution is -2.49. The Labute approximate surface area is 147 Å². The summed E-state index contributed by atoms with van der Waals surface area (Å²) < 4.78 is 5.01. The van der Waals surface area contributed by atoms with Crippen LogP contribution in [0.3, 0.4) is 0 Å². The van der Waals surface area contributed by atoms with E-state index in [9.17, 15) is 4.79 Å². The normalized spacial score (nSPS) is 32.8. The number of carbonyl (C=O) groups excluding carboxylic acids is 1. The van der Waals surface area contributed by atoms with Gasteiger partial charge in [0.25, 0.3) is 5.91 Å². The molecule has 1 N–H and O–H groups in total. The van der Waals surface area contributed by atoms with Gasteiger partial charge in [-0.15, -0.1) is 0 Å². The molecule has 130 valence electrons. The number of pyridine rings is 1. The van der Waals surface area contributed by atoms with E-state index < -0.39 is 0 Å². The van der Waals surface area contributed by atoms with Crippen molar-refractivity contribution in [3.05, 3.63) is 41.4 Å². The van der Waals surface area contributed by atoms with Gasteiger partial charge in [0, 0.05) is 28.9 Å². The lowest BCUT2D eigenvalue weighted by Gasteiger charge is -2.56. The summed E-state index contributed by atoms with van der Waals surface area (Å²) in [5, 5.41) is 6.64. The Morgan fingerprint density at radius 3 is 2.44 bits per heavy atom. The highest BCUT2D eigenvalue weighted by Gasteiger charge is 2.52. The molecule has 2 aromatic rings. The monoisotopic (exact) mass is 337 g/mol. The van der Waals surface area contributed by atoms with Crippen LogP contribution in [-0.2, 0) is 5.41 Å². The average Bonchev–Trinajstić information content (AvgIpc) is 2.99. The first-order chi connectivity index (χ1) is 12.1. The number of rotatable bonds is 3. The van der Waals surface area contributed by atoms with Crippen molar-refractivity contribution in [3.63, 3.8) is 0 Å². The average molecular weight is 337 g/mol. The van der Waals surface area contributed by atoms with E-state index in [1.54, 1.807) is 25.3 Å². The SMILES string of the molecule is Cc1cc(NC(=O)c2ccnc(C34CC5CC(CC(C5)C3)C4)c2)no1. The van der Waals surface area contributed by atoms with Gasteiger partial charge in [-0.2, -0.15) is 0 Å². The van der Waals surface area contributed by atoms with Crippen molar-refractivity contribution < 1.29 is 9.32 Å². The predicted octanol–water partition coefficient (Wildman–Crippen LogP) is 4.10. The molecule has 2 heterocycles. The van der Waals surface area contributed by atoms with Crippen LogP contribution in [0.5, 0.6) is 0 Å². The molecule has 5 heteroatoms. The van der Waals surface area contributed by atoms with Gasteiger partial charge in [0.1, 0.15) is 5.76 Å². The molecule has 25 heavy (non-hydrogen) atoms. The zero-order chi connectivity index (χ0) is 17.0. The molecular formula is C20H23N3O2. The molecule has 5 nitrogen and oxygen atoms in total. The quantitative estimate of drug-likeness (QED) is 0.915. The molecule has 0 aliphatic heterocycles. The highest BCUT2D eigenvalue weighted by molar-refractivity contribution is 6.03. The second-order valence-electron chi connectivity index (χ2n) is 8.40. The van der Waals surface area contributed by atoms with E-state index in [0.717, 1.165) is 23.4 Å². The summed E-state index contributed by atoms with van der Waals surface area (Å²) in [7, 11) is 0. The number of nitrogens with one attached hydrogen (secondary N) is 1. The second kappa shape index (κ2) is 5.41. The fourth-order valence-electron chi connectivity index (χ4n) is 5.90. The van der Waals surface area contributed by atoms with Gasteiger partial charge >= 0.3 is 0 Å². The number of aryl methyl sites for hydroxylation is 1. The van der Waals surface area contributed by atoms with Crippen molar-refractivity contribution in [2.75, 3.05) is 5.32 Å². The predicted molar refractivity (Wildman–Crippen MR) is 93.3 cm³/mol. The Hall–Kier alpha value is -2.17. The van der Waals surface area contributed by atoms with Gasteiger partial charge in [-0.1, -0.05) is 5.16 Å². The first-order valence-electron chi connectivity index (χ1n) is 9.31. The molecule has 4 fully saturated rings. The molecule has 0 atom stereocenters. The third-order valence-electron chi connectivity index (χ3n) is 6.47. The van der Waals surface area contributed by atoms with Crippen LogP contribution in [0.25, 0.3) is 0 Å². The zero-order valence-corrected chi connectivity index (χ0v) is 14.5. The maximum Gasteiger partial charge on any atom is 0.257 e. The summed E-state index contributed by atoms with van der Waals surface area (Å²) in [5.74, 6) is 3.58. The number of nitrogens with zero attached hydrogens (tertiary/aromatic N) is 2. The van der Waals surface area contributed by atoms with Crippen LogP contribution in [-0.4, -0.2) is 16.0 Å². The minimum Gasteiger partial charge on any atom is -0.360 e. The van der Waals surface area contributed by atoms with Gasteiger partial charge in [-0.25, -0.2) is 0 Å². The van der Waals surface area contributed by atoms with Gasteiger partial charge < -0.3 is 9.84 Å². The summed E-state index contributed by atoms with van der Waals surface area (Å²) in [5.41, 5.74) is 1.98. The first-order valence-corrected chi connectivity index (χ1v) is 9.31. The number of amides is 1. The van der Waals surface area contributed by atoms with Crippen LogP contribution in [0.4, 0.5) is 5.82 Å². The fraction of sp³-hybridized carbons (Fsp3) is 0.550. The minimum atomic E-state index is -0.151. The molecule has 4 bridgehead atoms. The molecule has 0 aromatic carbocycles. The molecule has 4 saturated carbocycles. The third-order valence-corrected chi connectivity index (χ3v) is 6.47. The Morgan fingerprint density at radius 1 is 1.16 bits per heavy atom. The van der Waals surface area contributed by atoms with Gasteiger partial charge in [0.05, 0.1) is 0 Å². The molecule has 0 unspecified atom stereocenters. The zero-order valence-electron chi connectivity index (χ0n) is 14.5. The van der Waals surface area contributed by atoms with Crippen LogP contribution < -0.4 is 5.32 Å². The summed E-state index contributed by atoms with van der Waals surface area (Å²) in [6.07, 6.45) is 9.76. The molecule has 0 saturated heterocycles. The van der Waals surface area contributed by atoms with E-state index in [1.807, 2.05) is 6.07 Å². The summed E-state index contributed by atoms with van der Waals surface area (Å²) >= 11 is 0. The van der Waals surface area contributed by atoms with Gasteiger partial charge in [0.15, 0.2) is 5.82 Å². The van der Waals surface area contributed by atoms with Gasteiger partial charge in [-0.05, 0) is 75.3 Å². The summed E-state index contributed by atoms with van der Waals surface area (Å²) in [6.45, 7) is 1.81. The topological polar surface area (TPSA) is 68.0 Å². The van der Waals surface area contributed by atoms with E-state index in [2.05, 4.69) is 10.5 Å². The van der Waals surface area contributed by atoms with E-state index >= 15 is 0 Å². The molecular weight excluding hydrogens is 314 g/mol.